The zero-order valence-electron chi connectivity index (χ0n) is 19.4. The van der Waals surface area contributed by atoms with Gasteiger partial charge in [0.25, 0.3) is 5.91 Å². The summed E-state index contributed by atoms with van der Waals surface area (Å²) in [5.41, 5.74) is 4.48. The summed E-state index contributed by atoms with van der Waals surface area (Å²) < 4.78 is 24.0. The van der Waals surface area contributed by atoms with E-state index in [0.717, 1.165) is 32.9 Å². The van der Waals surface area contributed by atoms with Crippen LogP contribution in [-0.2, 0) is 6.42 Å². The number of carbonyl (C=O) groups is 1. The van der Waals surface area contributed by atoms with E-state index in [9.17, 15) is 9.18 Å². The number of aromatic amines is 1. The normalized spacial score (nSPS) is 11.1. The van der Waals surface area contributed by atoms with Gasteiger partial charge in [-0.2, -0.15) is 0 Å². The average Bonchev–Trinajstić information content (AvgIpc) is 3.27. The fourth-order valence-corrected chi connectivity index (χ4v) is 4.22. The molecule has 2 heterocycles. The number of rotatable bonds is 7. The number of methoxy groups -OCH3 is 2. The highest BCUT2D eigenvalue weighted by Gasteiger charge is 2.18. The first-order valence-electron chi connectivity index (χ1n) is 11.2. The lowest BCUT2D eigenvalue weighted by Crippen LogP contribution is -2.26. The minimum absolute atomic E-state index is 0.277. The standard InChI is InChI=1S/C28H24FN3O3/c1-34-24-12-9-18(15-25(24)35-2)26-27-21(20-5-3-4-6-22(20)31-27)16-23(32-26)28(33)30-14-13-17-7-10-19(29)11-8-17/h3-12,15-16,31H,13-14H2,1-2H3,(H,30,33). The summed E-state index contributed by atoms with van der Waals surface area (Å²) in [5, 5.41) is 4.85. The Hall–Kier alpha value is -4.39. The number of nitrogens with zero attached hydrogens (tertiary/aromatic N) is 1. The van der Waals surface area contributed by atoms with Crippen molar-refractivity contribution < 1.29 is 18.7 Å². The lowest BCUT2D eigenvalue weighted by molar-refractivity contribution is 0.0949. The molecule has 176 valence electrons. The molecule has 0 aliphatic heterocycles. The molecule has 0 spiro atoms. The Kier molecular flexibility index (Phi) is 6.06. The van der Waals surface area contributed by atoms with Crippen molar-refractivity contribution in [2.24, 2.45) is 0 Å². The zero-order chi connectivity index (χ0) is 24.4. The number of hydrogen-bond acceptors (Lipinski definition) is 4. The van der Waals surface area contributed by atoms with E-state index in [0.29, 0.717) is 35.9 Å². The summed E-state index contributed by atoms with van der Waals surface area (Å²) >= 11 is 0. The molecule has 0 aliphatic carbocycles. The molecule has 0 saturated heterocycles. The van der Waals surface area contributed by atoms with Crippen molar-refractivity contribution in [2.45, 2.75) is 6.42 Å². The predicted octanol–water partition coefficient (Wildman–Crippen LogP) is 5.51. The molecule has 1 amide bonds. The van der Waals surface area contributed by atoms with Gasteiger partial charge < -0.3 is 19.8 Å². The summed E-state index contributed by atoms with van der Waals surface area (Å²) in [4.78, 5) is 21.3. The third-order valence-corrected chi connectivity index (χ3v) is 6.00. The Morgan fingerprint density at radius 1 is 0.943 bits per heavy atom. The number of nitrogens with one attached hydrogen (secondary N) is 2. The summed E-state index contributed by atoms with van der Waals surface area (Å²) in [6, 6.07) is 21.6. The molecule has 0 aliphatic rings. The average molecular weight is 470 g/mol. The van der Waals surface area contributed by atoms with Gasteiger partial charge in [0.05, 0.1) is 25.4 Å². The predicted molar refractivity (Wildman–Crippen MR) is 135 cm³/mol. The van der Waals surface area contributed by atoms with E-state index in [4.69, 9.17) is 14.5 Å². The molecular formula is C28H24FN3O3. The van der Waals surface area contributed by atoms with Crippen LogP contribution >= 0.6 is 0 Å². The summed E-state index contributed by atoms with van der Waals surface area (Å²) in [6.45, 7) is 0.407. The molecule has 0 fully saturated rings. The number of H-pyrrole nitrogens is 1. The van der Waals surface area contributed by atoms with Gasteiger partial charge in [-0.05, 0) is 54.4 Å². The number of benzene rings is 3. The van der Waals surface area contributed by atoms with E-state index < -0.39 is 0 Å². The van der Waals surface area contributed by atoms with Crippen LogP contribution in [-0.4, -0.2) is 36.6 Å². The van der Waals surface area contributed by atoms with Crippen LogP contribution in [0.4, 0.5) is 4.39 Å². The van der Waals surface area contributed by atoms with E-state index in [2.05, 4.69) is 10.3 Å². The molecule has 7 heteroatoms. The number of pyridine rings is 1. The van der Waals surface area contributed by atoms with Crippen molar-refractivity contribution >= 4 is 27.7 Å². The number of para-hydroxylation sites is 1. The number of halogens is 1. The van der Waals surface area contributed by atoms with Gasteiger partial charge in [-0.3, -0.25) is 4.79 Å². The van der Waals surface area contributed by atoms with Gasteiger partial charge in [0.2, 0.25) is 0 Å². The topological polar surface area (TPSA) is 76.2 Å². The molecule has 2 N–H and O–H groups in total. The highest BCUT2D eigenvalue weighted by Crippen LogP contribution is 2.36. The number of ether oxygens (including phenoxy) is 2. The number of hydrogen-bond donors (Lipinski definition) is 2. The van der Waals surface area contributed by atoms with Crippen molar-refractivity contribution in [1.29, 1.82) is 0 Å². The summed E-state index contributed by atoms with van der Waals surface area (Å²) in [6.07, 6.45) is 0.587. The lowest BCUT2D eigenvalue weighted by atomic mass is 10.1. The Bertz CT molecular complexity index is 1530. The number of amides is 1. The third kappa shape index (κ3) is 4.40. The van der Waals surface area contributed by atoms with Gasteiger partial charge >= 0.3 is 0 Å². The van der Waals surface area contributed by atoms with Crippen molar-refractivity contribution in [1.82, 2.24) is 15.3 Å². The quantitative estimate of drug-likeness (QED) is 0.330. The molecule has 5 aromatic rings. The summed E-state index contributed by atoms with van der Waals surface area (Å²) in [5.74, 6) is 0.627. The molecular weight excluding hydrogens is 445 g/mol. The number of aromatic nitrogens is 2. The van der Waals surface area contributed by atoms with Crippen LogP contribution in [0.25, 0.3) is 33.1 Å². The second-order valence-corrected chi connectivity index (χ2v) is 8.15. The molecule has 0 bridgehead atoms. The highest BCUT2D eigenvalue weighted by molar-refractivity contribution is 6.13. The molecule has 5 rings (SSSR count). The van der Waals surface area contributed by atoms with Crippen LogP contribution in [0.15, 0.2) is 72.8 Å². The van der Waals surface area contributed by atoms with Gasteiger partial charge in [0, 0.05) is 28.4 Å². The van der Waals surface area contributed by atoms with Crippen LogP contribution < -0.4 is 14.8 Å². The SMILES string of the molecule is COc1ccc(-c2nc(C(=O)NCCc3ccc(F)cc3)cc3c2[nH]c2ccccc23)cc1OC. The Balaban J connectivity index is 1.53. The summed E-state index contributed by atoms with van der Waals surface area (Å²) in [7, 11) is 3.17. The molecule has 35 heavy (non-hydrogen) atoms. The fourth-order valence-electron chi connectivity index (χ4n) is 4.22. The van der Waals surface area contributed by atoms with Crippen LogP contribution in [0, 0.1) is 5.82 Å². The van der Waals surface area contributed by atoms with Crippen LogP contribution in [0.2, 0.25) is 0 Å². The number of carbonyl (C=O) groups excluding carboxylic acids is 1. The smallest absolute Gasteiger partial charge is 0.269 e. The van der Waals surface area contributed by atoms with Gasteiger partial charge in [-0.1, -0.05) is 30.3 Å². The Morgan fingerprint density at radius 2 is 1.71 bits per heavy atom. The lowest BCUT2D eigenvalue weighted by Gasteiger charge is -2.11. The van der Waals surface area contributed by atoms with Crippen LogP contribution in [0.5, 0.6) is 11.5 Å². The second kappa shape index (κ2) is 9.46. The van der Waals surface area contributed by atoms with Crippen molar-refractivity contribution in [3.8, 4) is 22.8 Å². The molecule has 0 saturated carbocycles. The maximum Gasteiger partial charge on any atom is 0.269 e. The Morgan fingerprint density at radius 3 is 2.49 bits per heavy atom. The van der Waals surface area contributed by atoms with E-state index in [1.165, 1.54) is 12.1 Å². The largest absolute Gasteiger partial charge is 0.493 e. The molecule has 3 aromatic carbocycles. The molecule has 0 radical (unpaired) electrons. The van der Waals surface area contributed by atoms with Crippen LogP contribution in [0.1, 0.15) is 16.1 Å². The fraction of sp³-hybridized carbons (Fsp3) is 0.143. The minimum atomic E-state index is -0.281. The van der Waals surface area contributed by atoms with Gasteiger partial charge in [0.1, 0.15) is 11.5 Å². The number of fused-ring (bicyclic) bond motifs is 3. The van der Waals surface area contributed by atoms with E-state index >= 15 is 0 Å². The van der Waals surface area contributed by atoms with Gasteiger partial charge in [-0.15, -0.1) is 0 Å². The molecule has 6 nitrogen and oxygen atoms in total. The first kappa shape index (κ1) is 22.4. The van der Waals surface area contributed by atoms with E-state index in [1.807, 2.05) is 48.5 Å². The first-order valence-corrected chi connectivity index (χ1v) is 11.2. The second-order valence-electron chi connectivity index (χ2n) is 8.15. The van der Waals surface area contributed by atoms with Crippen molar-refractivity contribution in [3.63, 3.8) is 0 Å². The highest BCUT2D eigenvalue weighted by atomic mass is 19.1. The minimum Gasteiger partial charge on any atom is -0.493 e. The Labute approximate surface area is 201 Å². The first-order chi connectivity index (χ1) is 17.1. The van der Waals surface area contributed by atoms with Gasteiger partial charge in [-0.25, -0.2) is 9.37 Å². The van der Waals surface area contributed by atoms with E-state index in [1.54, 1.807) is 26.4 Å². The molecule has 0 atom stereocenters. The maximum absolute atomic E-state index is 13.1. The van der Waals surface area contributed by atoms with Gasteiger partial charge in [0.15, 0.2) is 11.5 Å². The van der Waals surface area contributed by atoms with E-state index in [-0.39, 0.29) is 11.7 Å². The van der Waals surface area contributed by atoms with Crippen molar-refractivity contribution in [3.05, 3.63) is 89.9 Å². The molecule has 2 aromatic heterocycles. The monoisotopic (exact) mass is 469 g/mol. The third-order valence-electron chi connectivity index (χ3n) is 6.00. The van der Waals surface area contributed by atoms with Crippen LogP contribution in [0.3, 0.4) is 0 Å². The maximum atomic E-state index is 13.1. The molecule has 0 unspecified atom stereocenters. The van der Waals surface area contributed by atoms with Crippen molar-refractivity contribution in [2.75, 3.05) is 20.8 Å². The zero-order valence-corrected chi connectivity index (χ0v) is 19.4.